The van der Waals surface area contributed by atoms with Gasteiger partial charge < -0.3 is 31.7 Å². The van der Waals surface area contributed by atoms with Gasteiger partial charge in [0.25, 0.3) is 0 Å². The molecule has 1 aromatic rings. The van der Waals surface area contributed by atoms with E-state index in [4.69, 9.17) is 11.5 Å². The van der Waals surface area contributed by atoms with Crippen LogP contribution < -0.4 is 16.8 Å². The molecule has 7 N–H and O–H groups in total. The van der Waals surface area contributed by atoms with Gasteiger partial charge in [-0.1, -0.05) is 30.3 Å². The van der Waals surface area contributed by atoms with E-state index in [-0.39, 0.29) is 17.8 Å². The number of rotatable bonds is 10. The molecule has 1 heterocycles. The summed E-state index contributed by atoms with van der Waals surface area (Å²) in [5.41, 5.74) is 11.6. The quantitative estimate of drug-likeness (QED) is 0.149. The van der Waals surface area contributed by atoms with Gasteiger partial charge in [-0.2, -0.15) is 0 Å². The molecule has 29 heavy (non-hydrogen) atoms. The smallest absolute Gasteiger partial charge is 0.426 e. The molecular weight excluding hydrogens is 373 g/mol. The number of nitrogens with one attached hydrogen (secondary N) is 1. The van der Waals surface area contributed by atoms with Crippen molar-refractivity contribution in [2.24, 2.45) is 16.5 Å². The molecular formula is C19H30BN5O4. The van der Waals surface area contributed by atoms with Crippen LogP contribution in [0, 0.1) is 0 Å². The Kier molecular flexibility index (Phi) is 8.94. The van der Waals surface area contributed by atoms with Crippen LogP contribution >= 0.6 is 0 Å². The molecule has 1 saturated heterocycles. The van der Waals surface area contributed by atoms with Gasteiger partial charge in [-0.25, -0.2) is 0 Å². The first-order valence-electron chi connectivity index (χ1n) is 9.93. The van der Waals surface area contributed by atoms with Crippen LogP contribution in [-0.2, 0) is 16.0 Å². The first-order chi connectivity index (χ1) is 13.9. The average molecular weight is 403 g/mol. The zero-order valence-corrected chi connectivity index (χ0v) is 16.5. The molecule has 1 aromatic carbocycles. The maximum Gasteiger partial charge on any atom is 0.475 e. The maximum atomic E-state index is 12.7. The van der Waals surface area contributed by atoms with E-state index in [1.165, 1.54) is 0 Å². The van der Waals surface area contributed by atoms with E-state index < -0.39 is 19.1 Å². The van der Waals surface area contributed by atoms with Crippen LogP contribution in [0.4, 0.5) is 0 Å². The molecule has 9 nitrogen and oxygen atoms in total. The molecule has 2 atom stereocenters. The predicted molar refractivity (Wildman–Crippen MR) is 112 cm³/mol. The molecule has 2 amide bonds. The van der Waals surface area contributed by atoms with E-state index in [2.05, 4.69) is 10.3 Å². The number of aliphatic imine (C=N–C) groups is 1. The van der Waals surface area contributed by atoms with Gasteiger partial charge in [0.1, 0.15) is 6.04 Å². The van der Waals surface area contributed by atoms with Crippen LogP contribution in [-0.4, -0.2) is 64.9 Å². The molecule has 0 spiro atoms. The Hall–Kier alpha value is -2.59. The van der Waals surface area contributed by atoms with Crippen LogP contribution in [0.15, 0.2) is 35.3 Å². The van der Waals surface area contributed by atoms with E-state index in [9.17, 15) is 19.6 Å². The molecule has 1 aliphatic rings. The summed E-state index contributed by atoms with van der Waals surface area (Å²) in [4.78, 5) is 30.8. The third-order valence-corrected chi connectivity index (χ3v) is 5.00. The van der Waals surface area contributed by atoms with Gasteiger partial charge >= 0.3 is 7.12 Å². The Morgan fingerprint density at radius 3 is 2.66 bits per heavy atom. The van der Waals surface area contributed by atoms with Gasteiger partial charge in [0, 0.05) is 19.5 Å². The number of carbonyl (C=O) groups is 2. The van der Waals surface area contributed by atoms with Crippen LogP contribution in [0.1, 0.15) is 37.7 Å². The summed E-state index contributed by atoms with van der Waals surface area (Å²) in [6.07, 6.45) is 3.03. The highest BCUT2D eigenvalue weighted by atomic mass is 16.4. The monoisotopic (exact) mass is 403 g/mol. The van der Waals surface area contributed by atoms with Crippen molar-refractivity contribution in [3.63, 3.8) is 0 Å². The lowest BCUT2D eigenvalue weighted by molar-refractivity contribution is -0.138. The first kappa shape index (κ1) is 22.7. The number of benzene rings is 1. The number of hydrogen-bond acceptors (Lipinski definition) is 5. The van der Waals surface area contributed by atoms with Crippen LogP contribution in [0.5, 0.6) is 0 Å². The van der Waals surface area contributed by atoms with E-state index in [1.54, 1.807) is 4.90 Å². The summed E-state index contributed by atoms with van der Waals surface area (Å²) < 4.78 is 0. The van der Waals surface area contributed by atoms with Gasteiger partial charge in [-0.3, -0.25) is 14.6 Å². The number of hydrogen-bond donors (Lipinski definition) is 5. The minimum Gasteiger partial charge on any atom is -0.426 e. The molecule has 1 fully saturated rings. The molecule has 0 radical (unpaired) electrons. The van der Waals surface area contributed by atoms with Crippen molar-refractivity contribution in [1.29, 1.82) is 0 Å². The summed E-state index contributed by atoms with van der Waals surface area (Å²) in [6, 6.07) is 9.14. The third-order valence-electron chi connectivity index (χ3n) is 5.00. The Balaban J connectivity index is 1.88. The summed E-state index contributed by atoms with van der Waals surface area (Å²) in [6.45, 7) is 0.859. The molecule has 10 heteroatoms. The Labute approximate surface area is 171 Å². The van der Waals surface area contributed by atoms with Crippen molar-refractivity contribution >= 4 is 24.9 Å². The SMILES string of the molecule is NC(N)=NCCCC(NC(=O)[C@@H]1CCCN1C(=O)CCc1ccccc1)B(O)O. The molecule has 1 unspecified atom stereocenters. The van der Waals surface area contributed by atoms with Crippen molar-refractivity contribution in [3.05, 3.63) is 35.9 Å². The fourth-order valence-corrected chi connectivity index (χ4v) is 3.47. The highest BCUT2D eigenvalue weighted by Crippen LogP contribution is 2.20. The average Bonchev–Trinajstić information content (AvgIpc) is 3.19. The van der Waals surface area contributed by atoms with Crippen LogP contribution in [0.2, 0.25) is 0 Å². The van der Waals surface area contributed by atoms with Crippen molar-refractivity contribution in [3.8, 4) is 0 Å². The van der Waals surface area contributed by atoms with E-state index in [1.807, 2.05) is 30.3 Å². The number of carbonyl (C=O) groups excluding carboxylic acids is 2. The standard InChI is InChI=1S/C19H30BN5O4/c21-19(22)23-12-4-9-16(20(28)29)24-18(27)15-8-5-13-25(15)17(26)11-10-14-6-2-1-3-7-14/h1-3,6-7,15-16,28-29H,4-5,8-13H2,(H,24,27)(H4,21,22,23)/t15-,16?/m0/s1. The van der Waals surface area contributed by atoms with Crippen LogP contribution in [0.3, 0.4) is 0 Å². The Morgan fingerprint density at radius 2 is 2.00 bits per heavy atom. The summed E-state index contributed by atoms with van der Waals surface area (Å²) >= 11 is 0. The number of nitrogens with two attached hydrogens (primary N) is 2. The van der Waals surface area contributed by atoms with Crippen molar-refractivity contribution in [2.75, 3.05) is 13.1 Å². The fraction of sp³-hybridized carbons (Fsp3) is 0.526. The fourth-order valence-electron chi connectivity index (χ4n) is 3.47. The highest BCUT2D eigenvalue weighted by molar-refractivity contribution is 6.43. The number of amides is 2. The minimum absolute atomic E-state index is 0.0363. The molecule has 0 saturated carbocycles. The lowest BCUT2D eigenvalue weighted by atomic mass is 9.76. The highest BCUT2D eigenvalue weighted by Gasteiger charge is 2.36. The first-order valence-corrected chi connectivity index (χ1v) is 9.93. The summed E-state index contributed by atoms with van der Waals surface area (Å²) in [5.74, 6) is -1.32. The Morgan fingerprint density at radius 1 is 1.28 bits per heavy atom. The predicted octanol–water partition coefficient (Wildman–Crippen LogP) is -0.839. The molecule has 0 aliphatic carbocycles. The Bertz CT molecular complexity index is 697. The second-order valence-electron chi connectivity index (χ2n) is 7.21. The van der Waals surface area contributed by atoms with Gasteiger partial charge in [0.15, 0.2) is 5.96 Å². The summed E-state index contributed by atoms with van der Waals surface area (Å²) in [7, 11) is -1.71. The van der Waals surface area contributed by atoms with E-state index in [0.29, 0.717) is 45.2 Å². The summed E-state index contributed by atoms with van der Waals surface area (Å²) in [5, 5.41) is 21.8. The normalized spacial score (nSPS) is 16.9. The van der Waals surface area contributed by atoms with Gasteiger partial charge in [0.05, 0.1) is 5.94 Å². The second kappa shape index (κ2) is 11.4. The van der Waals surface area contributed by atoms with Gasteiger partial charge in [-0.15, -0.1) is 0 Å². The second-order valence-corrected chi connectivity index (χ2v) is 7.21. The zero-order valence-electron chi connectivity index (χ0n) is 16.5. The maximum absolute atomic E-state index is 12.7. The van der Waals surface area contributed by atoms with Crippen LogP contribution in [0.25, 0.3) is 0 Å². The number of likely N-dealkylation sites (tertiary alicyclic amines) is 1. The topological polar surface area (TPSA) is 154 Å². The molecule has 2 rings (SSSR count). The number of aryl methyl sites for hydroxylation is 1. The van der Waals surface area contributed by atoms with E-state index >= 15 is 0 Å². The van der Waals surface area contributed by atoms with Crippen molar-refractivity contribution in [1.82, 2.24) is 10.2 Å². The molecule has 0 bridgehead atoms. The third kappa shape index (κ3) is 7.39. The van der Waals surface area contributed by atoms with Gasteiger partial charge in [0.2, 0.25) is 11.8 Å². The number of nitrogens with zero attached hydrogens (tertiary/aromatic N) is 2. The van der Waals surface area contributed by atoms with Crippen molar-refractivity contribution < 1.29 is 19.6 Å². The minimum atomic E-state index is -1.71. The largest absolute Gasteiger partial charge is 0.475 e. The number of guanidine groups is 1. The molecule has 1 aliphatic heterocycles. The molecule has 158 valence electrons. The lowest BCUT2D eigenvalue weighted by Crippen LogP contribution is -2.53. The van der Waals surface area contributed by atoms with Gasteiger partial charge in [-0.05, 0) is 37.7 Å². The van der Waals surface area contributed by atoms with E-state index in [0.717, 1.165) is 12.0 Å². The lowest BCUT2D eigenvalue weighted by Gasteiger charge is -2.26. The molecule has 0 aromatic heterocycles. The van der Waals surface area contributed by atoms with Crippen molar-refractivity contribution in [2.45, 2.75) is 50.5 Å². The zero-order chi connectivity index (χ0) is 21.2.